The Kier molecular flexibility index (Phi) is 6.07. The number of amides is 1. The Morgan fingerprint density at radius 1 is 1.24 bits per heavy atom. The molecule has 0 aromatic heterocycles. The van der Waals surface area contributed by atoms with Gasteiger partial charge in [-0.05, 0) is 37.5 Å². The molecule has 0 atom stereocenters. The fraction of sp³-hybridized carbons (Fsp3) is 0.462. The lowest BCUT2D eigenvalue weighted by molar-refractivity contribution is -0.114. The van der Waals surface area contributed by atoms with E-state index in [4.69, 9.17) is 0 Å². The second-order valence-electron chi connectivity index (χ2n) is 3.94. The van der Waals surface area contributed by atoms with Gasteiger partial charge in [0.2, 0.25) is 5.91 Å². The van der Waals surface area contributed by atoms with Crippen LogP contribution in [0.3, 0.4) is 0 Å². The molecule has 0 fully saturated rings. The summed E-state index contributed by atoms with van der Waals surface area (Å²) in [5, 5.41) is 5.97. The predicted molar refractivity (Wildman–Crippen MR) is 69.1 cm³/mol. The number of carbonyl (C=O) groups is 1. The molecular formula is C13H19FN2O. The monoisotopic (exact) mass is 238 g/mol. The number of nitrogens with one attached hydrogen (secondary N) is 2. The van der Waals surface area contributed by atoms with Crippen LogP contribution in [0.2, 0.25) is 0 Å². The van der Waals surface area contributed by atoms with Crippen LogP contribution in [0.5, 0.6) is 0 Å². The van der Waals surface area contributed by atoms with E-state index in [9.17, 15) is 9.18 Å². The van der Waals surface area contributed by atoms with Crippen LogP contribution in [-0.2, 0) is 4.79 Å². The smallest absolute Gasteiger partial charge is 0.221 e. The third-order valence-electron chi connectivity index (χ3n) is 2.32. The molecule has 0 bridgehead atoms. The van der Waals surface area contributed by atoms with Crippen molar-refractivity contribution in [3.05, 3.63) is 24.3 Å². The van der Waals surface area contributed by atoms with Crippen molar-refractivity contribution in [2.45, 2.75) is 26.2 Å². The van der Waals surface area contributed by atoms with E-state index in [0.717, 1.165) is 30.8 Å². The van der Waals surface area contributed by atoms with Gasteiger partial charge in [0, 0.05) is 24.8 Å². The van der Waals surface area contributed by atoms with Gasteiger partial charge in [-0.2, -0.15) is 0 Å². The normalized spacial score (nSPS) is 10.0. The average Bonchev–Trinajstić information content (AvgIpc) is 2.28. The lowest BCUT2D eigenvalue weighted by Crippen LogP contribution is -2.06. The number of alkyl halides is 1. The Balaban J connectivity index is 2.35. The predicted octanol–water partition coefficient (Wildman–Crippen LogP) is 3.20. The number of unbranched alkanes of at least 4 members (excludes halogenated alkanes) is 2. The van der Waals surface area contributed by atoms with Gasteiger partial charge in [-0.15, -0.1) is 0 Å². The number of rotatable bonds is 7. The molecule has 0 heterocycles. The van der Waals surface area contributed by atoms with Crippen molar-refractivity contribution in [2.24, 2.45) is 0 Å². The van der Waals surface area contributed by atoms with Gasteiger partial charge < -0.3 is 10.6 Å². The van der Waals surface area contributed by atoms with Crippen molar-refractivity contribution in [1.29, 1.82) is 0 Å². The topological polar surface area (TPSA) is 41.1 Å². The van der Waals surface area contributed by atoms with Crippen LogP contribution >= 0.6 is 0 Å². The van der Waals surface area contributed by atoms with Gasteiger partial charge in [-0.1, -0.05) is 6.07 Å². The molecule has 0 aliphatic carbocycles. The van der Waals surface area contributed by atoms with Crippen molar-refractivity contribution in [2.75, 3.05) is 23.9 Å². The van der Waals surface area contributed by atoms with E-state index in [2.05, 4.69) is 10.6 Å². The Morgan fingerprint density at radius 3 is 2.71 bits per heavy atom. The molecule has 0 unspecified atom stereocenters. The summed E-state index contributed by atoms with van der Waals surface area (Å²) in [6.07, 6.45) is 2.48. The first-order valence-electron chi connectivity index (χ1n) is 5.90. The standard InChI is InChI=1S/C13H19FN2O/c1-11(17)16-13-7-5-6-12(10-13)15-9-4-2-3-8-14/h5-7,10,15H,2-4,8-9H2,1H3,(H,16,17). The quantitative estimate of drug-likeness (QED) is 0.716. The van der Waals surface area contributed by atoms with Crippen LogP contribution in [-0.4, -0.2) is 19.1 Å². The molecule has 1 amide bonds. The van der Waals surface area contributed by atoms with Gasteiger partial charge in [-0.25, -0.2) is 0 Å². The van der Waals surface area contributed by atoms with Gasteiger partial charge >= 0.3 is 0 Å². The minimum absolute atomic E-state index is 0.0786. The summed E-state index contributed by atoms with van der Waals surface area (Å²) < 4.78 is 11.9. The zero-order valence-corrected chi connectivity index (χ0v) is 10.1. The molecule has 3 nitrogen and oxygen atoms in total. The summed E-state index contributed by atoms with van der Waals surface area (Å²) in [6, 6.07) is 7.56. The highest BCUT2D eigenvalue weighted by Crippen LogP contribution is 2.15. The van der Waals surface area contributed by atoms with Crippen molar-refractivity contribution >= 4 is 17.3 Å². The zero-order valence-electron chi connectivity index (χ0n) is 10.1. The van der Waals surface area contributed by atoms with Gasteiger partial charge in [0.1, 0.15) is 0 Å². The Bertz CT molecular complexity index is 355. The van der Waals surface area contributed by atoms with Crippen LogP contribution in [0.25, 0.3) is 0 Å². The fourth-order valence-corrected chi connectivity index (χ4v) is 1.54. The van der Waals surface area contributed by atoms with Gasteiger partial charge in [0.05, 0.1) is 6.67 Å². The highest BCUT2D eigenvalue weighted by molar-refractivity contribution is 5.89. The zero-order chi connectivity index (χ0) is 12.5. The van der Waals surface area contributed by atoms with E-state index < -0.39 is 0 Å². The summed E-state index contributed by atoms with van der Waals surface area (Å²) in [5.41, 5.74) is 1.75. The van der Waals surface area contributed by atoms with E-state index in [-0.39, 0.29) is 12.6 Å². The Hall–Kier alpha value is -1.58. The third-order valence-corrected chi connectivity index (χ3v) is 2.32. The molecule has 2 N–H and O–H groups in total. The summed E-state index contributed by atoms with van der Waals surface area (Å²) in [6.45, 7) is 2.07. The Morgan fingerprint density at radius 2 is 2.00 bits per heavy atom. The van der Waals surface area contributed by atoms with E-state index in [1.807, 2.05) is 24.3 Å². The molecule has 94 valence electrons. The minimum atomic E-state index is -0.238. The van der Waals surface area contributed by atoms with E-state index in [1.54, 1.807) is 0 Å². The average molecular weight is 238 g/mol. The second-order valence-corrected chi connectivity index (χ2v) is 3.94. The number of anilines is 2. The first kappa shape index (κ1) is 13.5. The van der Waals surface area contributed by atoms with Gasteiger partial charge in [0.25, 0.3) is 0 Å². The third kappa shape index (κ3) is 5.90. The first-order valence-corrected chi connectivity index (χ1v) is 5.90. The van der Waals surface area contributed by atoms with Crippen molar-refractivity contribution in [3.8, 4) is 0 Å². The minimum Gasteiger partial charge on any atom is -0.385 e. The number of hydrogen-bond donors (Lipinski definition) is 2. The van der Waals surface area contributed by atoms with Gasteiger partial charge in [0.15, 0.2) is 0 Å². The van der Waals surface area contributed by atoms with Crippen molar-refractivity contribution in [1.82, 2.24) is 0 Å². The largest absolute Gasteiger partial charge is 0.385 e. The number of benzene rings is 1. The maximum absolute atomic E-state index is 11.9. The first-order chi connectivity index (χ1) is 8.22. The van der Waals surface area contributed by atoms with Crippen LogP contribution in [0.1, 0.15) is 26.2 Å². The molecule has 17 heavy (non-hydrogen) atoms. The molecular weight excluding hydrogens is 219 g/mol. The molecule has 0 radical (unpaired) electrons. The van der Waals surface area contributed by atoms with Crippen LogP contribution in [0.4, 0.5) is 15.8 Å². The molecule has 1 aromatic carbocycles. The molecule has 0 aliphatic rings. The van der Waals surface area contributed by atoms with E-state index in [1.165, 1.54) is 6.92 Å². The summed E-state index contributed by atoms with van der Waals surface area (Å²) >= 11 is 0. The van der Waals surface area contributed by atoms with E-state index in [0.29, 0.717) is 6.42 Å². The summed E-state index contributed by atoms with van der Waals surface area (Å²) in [4.78, 5) is 10.9. The molecule has 0 saturated heterocycles. The fourth-order valence-electron chi connectivity index (χ4n) is 1.54. The number of hydrogen-bond acceptors (Lipinski definition) is 2. The lowest BCUT2D eigenvalue weighted by Gasteiger charge is -2.08. The van der Waals surface area contributed by atoms with Crippen LogP contribution in [0, 0.1) is 0 Å². The van der Waals surface area contributed by atoms with Crippen molar-refractivity contribution in [3.63, 3.8) is 0 Å². The van der Waals surface area contributed by atoms with Gasteiger partial charge in [-0.3, -0.25) is 9.18 Å². The molecule has 0 saturated carbocycles. The number of halogens is 1. The highest BCUT2D eigenvalue weighted by Gasteiger charge is 1.97. The molecule has 1 aromatic rings. The summed E-state index contributed by atoms with van der Waals surface area (Å²) in [5.74, 6) is -0.0786. The summed E-state index contributed by atoms with van der Waals surface area (Å²) in [7, 11) is 0. The highest BCUT2D eigenvalue weighted by atomic mass is 19.1. The molecule has 0 spiro atoms. The van der Waals surface area contributed by atoms with Crippen LogP contribution in [0.15, 0.2) is 24.3 Å². The lowest BCUT2D eigenvalue weighted by atomic mass is 10.2. The van der Waals surface area contributed by atoms with Crippen molar-refractivity contribution < 1.29 is 9.18 Å². The molecule has 4 heteroatoms. The maximum atomic E-state index is 11.9. The van der Waals surface area contributed by atoms with Crippen LogP contribution < -0.4 is 10.6 Å². The second kappa shape index (κ2) is 7.65. The Labute approximate surface area is 101 Å². The molecule has 1 rings (SSSR count). The SMILES string of the molecule is CC(=O)Nc1cccc(NCCCCCF)c1. The number of carbonyl (C=O) groups excluding carboxylic acids is 1. The van der Waals surface area contributed by atoms with E-state index >= 15 is 0 Å². The maximum Gasteiger partial charge on any atom is 0.221 e. The molecule has 0 aliphatic heterocycles.